The number of benzene rings is 1. The summed E-state index contributed by atoms with van der Waals surface area (Å²) in [4.78, 5) is 4.50. The highest BCUT2D eigenvalue weighted by Gasteiger charge is 2.14. The molecule has 0 unspecified atom stereocenters. The van der Waals surface area contributed by atoms with Gasteiger partial charge >= 0.3 is 0 Å². The number of nitrogens with zero attached hydrogens (tertiary/aromatic N) is 1. The Morgan fingerprint density at radius 3 is 2.60 bits per heavy atom. The third-order valence-electron chi connectivity index (χ3n) is 2.73. The highest BCUT2D eigenvalue weighted by molar-refractivity contribution is 14.0. The Hall–Kier alpha value is -0.540. The number of rotatable bonds is 4. The van der Waals surface area contributed by atoms with Gasteiger partial charge in [-0.2, -0.15) is 0 Å². The average Bonchev–Trinajstić information content (AvgIpc) is 2.40. The maximum absolute atomic E-state index is 12.0. The van der Waals surface area contributed by atoms with Crippen LogP contribution in [-0.2, 0) is 9.84 Å². The predicted molar refractivity (Wildman–Crippen MR) is 91.8 cm³/mol. The van der Waals surface area contributed by atoms with E-state index in [1.807, 2.05) is 0 Å². The first-order valence-electron chi connectivity index (χ1n) is 6.08. The van der Waals surface area contributed by atoms with Crippen LogP contribution in [0.5, 0.6) is 0 Å². The molecule has 0 atom stereocenters. The van der Waals surface area contributed by atoms with E-state index >= 15 is 0 Å². The molecule has 1 aromatic carbocycles. The molecule has 1 aliphatic heterocycles. The van der Waals surface area contributed by atoms with E-state index in [1.165, 1.54) is 12.1 Å². The molecule has 1 aliphatic rings. The molecule has 0 bridgehead atoms. The first-order valence-corrected chi connectivity index (χ1v) is 8.11. The van der Waals surface area contributed by atoms with Gasteiger partial charge in [0.15, 0.2) is 15.8 Å². The van der Waals surface area contributed by atoms with Gasteiger partial charge in [0.1, 0.15) is 0 Å². The topological polar surface area (TPSA) is 70.6 Å². The molecule has 5 nitrogen and oxygen atoms in total. The minimum atomic E-state index is -3.28. The van der Waals surface area contributed by atoms with Crippen molar-refractivity contribution in [3.05, 3.63) is 29.3 Å². The summed E-state index contributed by atoms with van der Waals surface area (Å²) < 4.78 is 24.1. The fraction of sp³-hybridized carbons (Fsp3) is 0.417. The molecule has 0 saturated heterocycles. The normalized spacial score (nSPS) is 14.8. The third-order valence-corrected chi connectivity index (χ3v) is 4.72. The van der Waals surface area contributed by atoms with Crippen LogP contribution in [0.1, 0.15) is 6.42 Å². The summed E-state index contributed by atoms with van der Waals surface area (Å²) in [6.45, 7) is 1.98. The Morgan fingerprint density at radius 2 is 2.00 bits per heavy atom. The molecule has 2 rings (SSSR count). The van der Waals surface area contributed by atoms with Crippen LogP contribution in [0.4, 0.5) is 0 Å². The zero-order chi connectivity index (χ0) is 13.7. The number of aliphatic imine (C=N–C) groups is 1. The molecular formula is C12H17ClIN3O2S. The molecule has 1 heterocycles. The summed E-state index contributed by atoms with van der Waals surface area (Å²) in [5, 5.41) is 6.60. The second-order valence-corrected chi connectivity index (χ2v) is 6.76. The van der Waals surface area contributed by atoms with Gasteiger partial charge in [-0.15, -0.1) is 24.0 Å². The zero-order valence-corrected chi connectivity index (χ0v) is 14.7. The largest absolute Gasteiger partial charge is 0.356 e. The van der Waals surface area contributed by atoms with Crippen LogP contribution in [0, 0.1) is 0 Å². The second-order valence-electron chi connectivity index (χ2n) is 4.21. The van der Waals surface area contributed by atoms with E-state index in [-0.39, 0.29) is 34.6 Å². The maximum Gasteiger partial charge on any atom is 0.191 e. The molecule has 0 spiro atoms. The lowest BCUT2D eigenvalue weighted by molar-refractivity contribution is 0.594. The molecule has 20 heavy (non-hydrogen) atoms. The summed E-state index contributed by atoms with van der Waals surface area (Å²) in [5.41, 5.74) is 0. The van der Waals surface area contributed by atoms with Gasteiger partial charge in [0, 0.05) is 24.7 Å². The van der Waals surface area contributed by atoms with Crippen LogP contribution in [-0.4, -0.2) is 39.8 Å². The Kier molecular flexibility index (Phi) is 7.04. The Morgan fingerprint density at radius 1 is 1.30 bits per heavy atom. The predicted octanol–water partition coefficient (Wildman–Crippen LogP) is 1.67. The first kappa shape index (κ1) is 17.5. The fourth-order valence-electron chi connectivity index (χ4n) is 1.71. The minimum Gasteiger partial charge on any atom is -0.356 e. The summed E-state index contributed by atoms with van der Waals surface area (Å²) in [7, 11) is -3.28. The van der Waals surface area contributed by atoms with Crippen molar-refractivity contribution in [1.29, 1.82) is 0 Å². The monoisotopic (exact) mass is 429 g/mol. The Balaban J connectivity index is 0.00000200. The van der Waals surface area contributed by atoms with Gasteiger partial charge in [-0.25, -0.2) is 8.42 Å². The summed E-state index contributed by atoms with van der Waals surface area (Å²) in [6.07, 6.45) is 1.01. The van der Waals surface area contributed by atoms with Crippen molar-refractivity contribution in [2.75, 3.05) is 25.4 Å². The zero-order valence-electron chi connectivity index (χ0n) is 10.8. The lowest BCUT2D eigenvalue weighted by atomic mass is 10.4. The second kappa shape index (κ2) is 8.04. The molecule has 0 aromatic heterocycles. The van der Waals surface area contributed by atoms with Crippen LogP contribution in [0.2, 0.25) is 5.02 Å². The summed E-state index contributed by atoms with van der Waals surface area (Å²) >= 11 is 5.74. The minimum absolute atomic E-state index is 0. The summed E-state index contributed by atoms with van der Waals surface area (Å²) in [5.74, 6) is 0.701. The average molecular weight is 430 g/mol. The standard InChI is InChI=1S/C12H16ClN3O2S.HI/c13-10-2-4-11(5-3-10)19(17,18)9-8-16-12-14-6-1-7-15-12;/h2-5H,1,6-9H2,(H2,14,15,16);1H. The molecule has 0 aliphatic carbocycles. The lowest BCUT2D eigenvalue weighted by Crippen LogP contribution is -2.42. The van der Waals surface area contributed by atoms with Gasteiger partial charge in [0.2, 0.25) is 0 Å². The number of guanidine groups is 1. The smallest absolute Gasteiger partial charge is 0.191 e. The number of nitrogens with one attached hydrogen (secondary N) is 2. The van der Waals surface area contributed by atoms with E-state index in [1.54, 1.807) is 12.1 Å². The number of halogens is 2. The molecule has 8 heteroatoms. The van der Waals surface area contributed by atoms with Crippen molar-refractivity contribution < 1.29 is 8.42 Å². The van der Waals surface area contributed by atoms with E-state index in [4.69, 9.17) is 11.6 Å². The third kappa shape index (κ3) is 5.10. The Labute approximate surface area is 141 Å². The molecule has 0 fully saturated rings. The van der Waals surface area contributed by atoms with E-state index in [2.05, 4.69) is 15.6 Å². The molecule has 2 N–H and O–H groups in total. The van der Waals surface area contributed by atoms with Crippen molar-refractivity contribution in [3.63, 3.8) is 0 Å². The van der Waals surface area contributed by atoms with Crippen molar-refractivity contribution >= 4 is 51.4 Å². The van der Waals surface area contributed by atoms with Gasteiger partial charge in [-0.05, 0) is 30.7 Å². The van der Waals surface area contributed by atoms with Crippen LogP contribution in [0.25, 0.3) is 0 Å². The molecule has 0 saturated carbocycles. The van der Waals surface area contributed by atoms with Crippen LogP contribution >= 0.6 is 35.6 Å². The van der Waals surface area contributed by atoms with Gasteiger partial charge < -0.3 is 10.6 Å². The maximum atomic E-state index is 12.0. The van der Waals surface area contributed by atoms with E-state index < -0.39 is 9.84 Å². The van der Waals surface area contributed by atoms with Gasteiger partial charge in [0.25, 0.3) is 0 Å². The van der Waals surface area contributed by atoms with Crippen molar-refractivity contribution in [2.24, 2.45) is 4.99 Å². The number of sulfone groups is 1. The van der Waals surface area contributed by atoms with Crippen LogP contribution in [0.15, 0.2) is 34.2 Å². The SMILES string of the molecule is I.O=S(=O)(CCNC1=NCCCN1)c1ccc(Cl)cc1. The molecule has 0 amide bonds. The van der Waals surface area contributed by atoms with Crippen molar-refractivity contribution in [3.8, 4) is 0 Å². The van der Waals surface area contributed by atoms with Crippen molar-refractivity contribution in [2.45, 2.75) is 11.3 Å². The molecular weight excluding hydrogens is 413 g/mol. The van der Waals surface area contributed by atoms with Gasteiger partial charge in [-0.1, -0.05) is 11.6 Å². The van der Waals surface area contributed by atoms with Crippen molar-refractivity contribution in [1.82, 2.24) is 10.6 Å². The molecule has 1 aromatic rings. The van der Waals surface area contributed by atoms with E-state index in [9.17, 15) is 8.42 Å². The summed E-state index contributed by atoms with van der Waals surface area (Å²) in [6, 6.07) is 6.20. The van der Waals surface area contributed by atoms with Gasteiger partial charge in [-0.3, -0.25) is 4.99 Å². The van der Waals surface area contributed by atoms with Crippen LogP contribution in [0.3, 0.4) is 0 Å². The lowest BCUT2D eigenvalue weighted by Gasteiger charge is -2.15. The van der Waals surface area contributed by atoms with Gasteiger partial charge in [0.05, 0.1) is 10.6 Å². The van der Waals surface area contributed by atoms with E-state index in [0.717, 1.165) is 19.5 Å². The molecule has 112 valence electrons. The highest BCUT2D eigenvalue weighted by Crippen LogP contribution is 2.15. The molecule has 0 radical (unpaired) electrons. The Bertz CT molecular complexity index is 561. The van der Waals surface area contributed by atoms with Crippen LogP contribution < -0.4 is 10.6 Å². The van der Waals surface area contributed by atoms with E-state index in [0.29, 0.717) is 17.5 Å². The quantitative estimate of drug-likeness (QED) is 0.715. The number of hydrogen-bond donors (Lipinski definition) is 2. The number of hydrogen-bond acceptors (Lipinski definition) is 5. The highest BCUT2D eigenvalue weighted by atomic mass is 127. The fourth-order valence-corrected chi connectivity index (χ4v) is 3.00. The first-order chi connectivity index (χ1) is 9.08.